The van der Waals surface area contributed by atoms with Gasteiger partial charge in [0, 0.05) is 30.8 Å². The topological polar surface area (TPSA) is 140 Å². The highest BCUT2D eigenvalue weighted by molar-refractivity contribution is 6.33. The molecule has 2 N–H and O–H groups in total. The van der Waals surface area contributed by atoms with Gasteiger partial charge in [-0.15, -0.1) is 0 Å². The lowest BCUT2D eigenvalue weighted by molar-refractivity contribution is -0.384. The molecular formula is C18H14ClN5O5. The molecule has 0 aliphatic heterocycles. The Hall–Kier alpha value is -3.79. The number of rotatable bonds is 7. The van der Waals surface area contributed by atoms with E-state index in [-0.39, 0.29) is 36.4 Å². The summed E-state index contributed by atoms with van der Waals surface area (Å²) in [5, 5.41) is 20.0. The van der Waals surface area contributed by atoms with Crippen molar-refractivity contribution >= 4 is 29.1 Å². The van der Waals surface area contributed by atoms with Gasteiger partial charge in [-0.25, -0.2) is 0 Å². The number of non-ortho nitro benzene ring substituents is 1. The summed E-state index contributed by atoms with van der Waals surface area (Å²) in [5.74, 6) is -1.26. The Labute approximate surface area is 169 Å². The van der Waals surface area contributed by atoms with Crippen LogP contribution in [0.1, 0.15) is 21.0 Å². The second-order valence-corrected chi connectivity index (χ2v) is 6.13. The van der Waals surface area contributed by atoms with E-state index >= 15 is 0 Å². The lowest BCUT2D eigenvalue weighted by Gasteiger charge is -2.06. The summed E-state index contributed by atoms with van der Waals surface area (Å²) in [6, 6.07) is 12.2. The van der Waals surface area contributed by atoms with Crippen LogP contribution >= 0.6 is 11.6 Å². The summed E-state index contributed by atoms with van der Waals surface area (Å²) in [4.78, 5) is 38.3. The summed E-state index contributed by atoms with van der Waals surface area (Å²) in [5.41, 5.74) is 0.542. The lowest BCUT2D eigenvalue weighted by Crippen LogP contribution is -2.34. The van der Waals surface area contributed by atoms with E-state index in [1.54, 1.807) is 30.3 Å². The maximum atomic E-state index is 12.1. The van der Waals surface area contributed by atoms with Gasteiger partial charge in [0.15, 0.2) is 0 Å². The van der Waals surface area contributed by atoms with E-state index in [2.05, 4.69) is 20.8 Å². The number of nitrogens with one attached hydrogen (secondary N) is 2. The SMILES string of the molecule is O=C(NCCNC(=O)c1ccccc1Cl)c1nc(-c2cccc([N+](=O)[O-])c2)no1. The Balaban J connectivity index is 1.53. The van der Waals surface area contributed by atoms with Crippen LogP contribution in [-0.4, -0.2) is 40.0 Å². The van der Waals surface area contributed by atoms with E-state index in [1.807, 2.05) is 0 Å². The molecule has 0 aliphatic rings. The zero-order chi connectivity index (χ0) is 20.8. The number of amides is 2. The molecule has 148 valence electrons. The average molecular weight is 416 g/mol. The van der Waals surface area contributed by atoms with Gasteiger partial charge in [-0.2, -0.15) is 4.98 Å². The predicted molar refractivity (Wildman–Crippen MR) is 103 cm³/mol. The molecular weight excluding hydrogens is 402 g/mol. The first kappa shape index (κ1) is 20.0. The first-order valence-corrected chi connectivity index (χ1v) is 8.73. The maximum Gasteiger partial charge on any atom is 0.316 e. The molecule has 0 fully saturated rings. The Bertz CT molecular complexity index is 1070. The monoisotopic (exact) mass is 415 g/mol. The number of halogens is 1. The van der Waals surface area contributed by atoms with Gasteiger partial charge in [0.25, 0.3) is 11.6 Å². The average Bonchev–Trinajstić information content (AvgIpc) is 3.22. The van der Waals surface area contributed by atoms with Crippen LogP contribution in [0.4, 0.5) is 5.69 Å². The second kappa shape index (κ2) is 8.93. The number of nitrogens with zero attached hydrogens (tertiary/aromatic N) is 3. The van der Waals surface area contributed by atoms with Gasteiger partial charge >= 0.3 is 11.8 Å². The lowest BCUT2D eigenvalue weighted by atomic mass is 10.2. The van der Waals surface area contributed by atoms with Crippen molar-refractivity contribution in [2.45, 2.75) is 0 Å². The van der Waals surface area contributed by atoms with Crippen LogP contribution in [0.5, 0.6) is 0 Å². The first-order chi connectivity index (χ1) is 14.0. The van der Waals surface area contributed by atoms with E-state index < -0.39 is 10.8 Å². The van der Waals surface area contributed by atoms with Crippen molar-refractivity contribution in [3.05, 3.63) is 75.1 Å². The van der Waals surface area contributed by atoms with Crippen LogP contribution in [0.25, 0.3) is 11.4 Å². The molecule has 0 saturated heterocycles. The van der Waals surface area contributed by atoms with E-state index in [0.29, 0.717) is 16.1 Å². The number of aromatic nitrogens is 2. The van der Waals surface area contributed by atoms with Crippen LogP contribution in [0, 0.1) is 10.1 Å². The molecule has 0 spiro atoms. The Morgan fingerprint density at radius 1 is 1.07 bits per heavy atom. The number of benzene rings is 2. The molecule has 2 aromatic carbocycles. The van der Waals surface area contributed by atoms with Crippen LogP contribution in [0.3, 0.4) is 0 Å². The molecule has 0 radical (unpaired) electrons. The predicted octanol–water partition coefficient (Wildman–Crippen LogP) is 2.46. The van der Waals surface area contributed by atoms with E-state index in [4.69, 9.17) is 16.1 Å². The standard InChI is InChI=1S/C18H14ClN5O5/c19-14-7-2-1-6-13(14)16(25)20-8-9-21-17(26)18-22-15(23-29-18)11-4-3-5-12(10-11)24(27)28/h1-7,10H,8-9H2,(H,20,25)(H,21,26). The molecule has 11 heteroatoms. The fourth-order valence-electron chi connectivity index (χ4n) is 2.36. The van der Waals surface area contributed by atoms with Crippen molar-refractivity contribution in [1.82, 2.24) is 20.8 Å². The Morgan fingerprint density at radius 3 is 2.52 bits per heavy atom. The molecule has 10 nitrogen and oxygen atoms in total. The van der Waals surface area contributed by atoms with Crippen molar-refractivity contribution in [2.24, 2.45) is 0 Å². The minimum atomic E-state index is -0.638. The number of nitro benzene ring substituents is 1. The molecule has 29 heavy (non-hydrogen) atoms. The number of hydrogen-bond donors (Lipinski definition) is 2. The van der Waals surface area contributed by atoms with Gasteiger partial charge in [-0.3, -0.25) is 19.7 Å². The first-order valence-electron chi connectivity index (χ1n) is 8.35. The Morgan fingerprint density at radius 2 is 1.79 bits per heavy atom. The molecule has 3 rings (SSSR count). The fraction of sp³-hybridized carbons (Fsp3) is 0.111. The van der Waals surface area contributed by atoms with Crippen molar-refractivity contribution in [2.75, 3.05) is 13.1 Å². The third kappa shape index (κ3) is 4.93. The minimum Gasteiger partial charge on any atom is -0.350 e. The second-order valence-electron chi connectivity index (χ2n) is 5.72. The largest absolute Gasteiger partial charge is 0.350 e. The zero-order valence-corrected chi connectivity index (χ0v) is 15.5. The van der Waals surface area contributed by atoms with Crippen LogP contribution in [0.2, 0.25) is 5.02 Å². The maximum absolute atomic E-state index is 12.1. The van der Waals surface area contributed by atoms with E-state index in [0.717, 1.165) is 0 Å². The third-order valence-electron chi connectivity index (χ3n) is 3.75. The number of carbonyl (C=O) groups is 2. The molecule has 1 heterocycles. The van der Waals surface area contributed by atoms with Gasteiger partial charge in [0.1, 0.15) is 0 Å². The smallest absolute Gasteiger partial charge is 0.316 e. The molecule has 3 aromatic rings. The van der Waals surface area contributed by atoms with E-state index in [9.17, 15) is 19.7 Å². The van der Waals surface area contributed by atoms with Crippen molar-refractivity contribution < 1.29 is 19.0 Å². The fourth-order valence-corrected chi connectivity index (χ4v) is 2.58. The molecule has 0 unspecified atom stereocenters. The molecule has 0 bridgehead atoms. The molecule has 0 aliphatic carbocycles. The summed E-state index contributed by atoms with van der Waals surface area (Å²) < 4.78 is 4.90. The summed E-state index contributed by atoms with van der Waals surface area (Å²) >= 11 is 5.95. The van der Waals surface area contributed by atoms with Gasteiger partial charge in [0.05, 0.1) is 15.5 Å². The van der Waals surface area contributed by atoms with E-state index in [1.165, 1.54) is 18.2 Å². The quantitative estimate of drug-likeness (QED) is 0.343. The highest BCUT2D eigenvalue weighted by atomic mass is 35.5. The minimum absolute atomic E-state index is 0.0471. The van der Waals surface area contributed by atoms with Crippen molar-refractivity contribution in [3.63, 3.8) is 0 Å². The summed E-state index contributed by atoms with van der Waals surface area (Å²) in [7, 11) is 0. The summed E-state index contributed by atoms with van der Waals surface area (Å²) in [6.07, 6.45) is 0. The van der Waals surface area contributed by atoms with Gasteiger partial charge < -0.3 is 15.2 Å². The van der Waals surface area contributed by atoms with Gasteiger partial charge in [-0.05, 0) is 12.1 Å². The number of nitro groups is 1. The number of hydrogen-bond acceptors (Lipinski definition) is 7. The van der Waals surface area contributed by atoms with Crippen molar-refractivity contribution in [3.8, 4) is 11.4 Å². The van der Waals surface area contributed by atoms with Gasteiger partial charge in [0.2, 0.25) is 5.82 Å². The normalized spacial score (nSPS) is 10.4. The van der Waals surface area contributed by atoms with Crippen molar-refractivity contribution in [1.29, 1.82) is 0 Å². The summed E-state index contributed by atoms with van der Waals surface area (Å²) in [6.45, 7) is 0.269. The third-order valence-corrected chi connectivity index (χ3v) is 4.08. The van der Waals surface area contributed by atoms with Crippen LogP contribution in [-0.2, 0) is 0 Å². The van der Waals surface area contributed by atoms with Crippen LogP contribution in [0.15, 0.2) is 53.1 Å². The zero-order valence-electron chi connectivity index (χ0n) is 14.8. The molecule has 2 amide bonds. The highest BCUT2D eigenvalue weighted by Gasteiger charge is 2.17. The van der Waals surface area contributed by atoms with Gasteiger partial charge in [-0.1, -0.05) is 41.0 Å². The highest BCUT2D eigenvalue weighted by Crippen LogP contribution is 2.21. The molecule has 1 aromatic heterocycles. The Kier molecular flexibility index (Phi) is 6.15. The molecule has 0 atom stereocenters. The molecule has 0 saturated carbocycles. The number of carbonyl (C=O) groups excluding carboxylic acids is 2. The van der Waals surface area contributed by atoms with Crippen LogP contribution < -0.4 is 10.6 Å².